The topological polar surface area (TPSA) is 86.5 Å². The monoisotopic (exact) mass is 329 g/mol. The van der Waals surface area contributed by atoms with E-state index in [1.165, 1.54) is 25.1 Å². The molecule has 102 valence electrons. The van der Waals surface area contributed by atoms with E-state index in [4.69, 9.17) is 4.74 Å². The average molecular weight is 330 g/mol. The number of carbonyl (C=O) groups excluding carboxylic acids is 2. The van der Waals surface area contributed by atoms with Crippen LogP contribution in [0.2, 0.25) is 0 Å². The standard InChI is InChI=1S/C12H12BrNO5/c1-3-19-12(16)9-6-4-5-8(10(13)7(2)15)11(9)14(17)18/h4-6,10H,3H2,1-2H3. The number of para-hydroxylation sites is 1. The first kappa shape index (κ1) is 15.3. The number of ether oxygens (including phenoxy) is 1. The summed E-state index contributed by atoms with van der Waals surface area (Å²) in [5.74, 6) is -1.07. The highest BCUT2D eigenvalue weighted by atomic mass is 79.9. The van der Waals surface area contributed by atoms with Crippen LogP contribution >= 0.6 is 15.9 Å². The Bertz CT molecular complexity index is 529. The summed E-state index contributed by atoms with van der Waals surface area (Å²) in [6.45, 7) is 3.03. The molecule has 6 nitrogen and oxygen atoms in total. The van der Waals surface area contributed by atoms with Crippen molar-refractivity contribution in [2.24, 2.45) is 0 Å². The van der Waals surface area contributed by atoms with Crippen LogP contribution in [-0.2, 0) is 9.53 Å². The lowest BCUT2D eigenvalue weighted by Crippen LogP contribution is -2.12. The molecule has 0 saturated heterocycles. The zero-order valence-electron chi connectivity index (χ0n) is 10.4. The van der Waals surface area contributed by atoms with Crippen LogP contribution in [0.5, 0.6) is 0 Å². The van der Waals surface area contributed by atoms with Crippen molar-refractivity contribution in [3.8, 4) is 0 Å². The molecule has 0 aliphatic rings. The molecule has 1 unspecified atom stereocenters. The van der Waals surface area contributed by atoms with Gasteiger partial charge in [0.2, 0.25) is 0 Å². The van der Waals surface area contributed by atoms with Crippen LogP contribution in [0.15, 0.2) is 18.2 Å². The van der Waals surface area contributed by atoms with Crippen LogP contribution in [-0.4, -0.2) is 23.3 Å². The Morgan fingerprint density at radius 1 is 1.47 bits per heavy atom. The number of nitro groups is 1. The zero-order chi connectivity index (χ0) is 14.6. The van der Waals surface area contributed by atoms with Gasteiger partial charge in [-0.2, -0.15) is 0 Å². The number of hydrogen-bond donors (Lipinski definition) is 0. The minimum atomic E-state index is -0.831. The number of halogens is 1. The predicted molar refractivity (Wildman–Crippen MR) is 71.4 cm³/mol. The molecule has 0 aliphatic heterocycles. The Balaban J connectivity index is 3.42. The quantitative estimate of drug-likeness (QED) is 0.359. The SMILES string of the molecule is CCOC(=O)c1cccc(C(Br)C(C)=O)c1[N+](=O)[O-]. The van der Waals surface area contributed by atoms with Crippen molar-refractivity contribution in [2.75, 3.05) is 6.61 Å². The average Bonchev–Trinajstić information content (AvgIpc) is 2.36. The van der Waals surface area contributed by atoms with Gasteiger partial charge in [-0.25, -0.2) is 4.79 Å². The van der Waals surface area contributed by atoms with Gasteiger partial charge in [0.25, 0.3) is 5.69 Å². The van der Waals surface area contributed by atoms with Gasteiger partial charge in [-0.05, 0) is 19.9 Å². The third-order valence-electron chi connectivity index (χ3n) is 2.38. The highest BCUT2D eigenvalue weighted by Gasteiger charge is 2.29. The van der Waals surface area contributed by atoms with Crippen LogP contribution in [0, 0.1) is 10.1 Å². The lowest BCUT2D eigenvalue weighted by Gasteiger charge is -2.10. The molecule has 1 atom stereocenters. The summed E-state index contributed by atoms with van der Waals surface area (Å²) in [5, 5.41) is 11.1. The van der Waals surface area contributed by atoms with E-state index in [1.807, 2.05) is 0 Å². The van der Waals surface area contributed by atoms with Crippen molar-refractivity contribution in [3.63, 3.8) is 0 Å². The van der Waals surface area contributed by atoms with Crippen molar-refractivity contribution in [1.29, 1.82) is 0 Å². The van der Waals surface area contributed by atoms with E-state index in [-0.39, 0.29) is 23.5 Å². The molecular weight excluding hydrogens is 318 g/mol. The number of nitrogens with zero attached hydrogens (tertiary/aromatic N) is 1. The van der Waals surface area contributed by atoms with Crippen LogP contribution < -0.4 is 0 Å². The van der Waals surface area contributed by atoms with Crippen molar-refractivity contribution < 1.29 is 19.2 Å². The second-order valence-electron chi connectivity index (χ2n) is 3.69. The number of carbonyl (C=O) groups is 2. The summed E-state index contributed by atoms with van der Waals surface area (Å²) in [4.78, 5) is 32.7. The highest BCUT2D eigenvalue weighted by Crippen LogP contribution is 2.34. The van der Waals surface area contributed by atoms with Crippen LogP contribution in [0.25, 0.3) is 0 Å². The molecule has 7 heteroatoms. The number of rotatable bonds is 5. The van der Waals surface area contributed by atoms with Gasteiger partial charge >= 0.3 is 5.97 Å². The van der Waals surface area contributed by atoms with E-state index < -0.39 is 21.4 Å². The Morgan fingerprint density at radius 2 is 2.11 bits per heavy atom. The molecule has 19 heavy (non-hydrogen) atoms. The molecule has 1 aromatic carbocycles. The number of benzene rings is 1. The maximum absolute atomic E-state index is 11.7. The van der Waals surface area contributed by atoms with E-state index in [2.05, 4.69) is 15.9 Å². The van der Waals surface area contributed by atoms with Crippen LogP contribution in [0.3, 0.4) is 0 Å². The molecule has 0 N–H and O–H groups in total. The van der Waals surface area contributed by atoms with E-state index in [1.54, 1.807) is 6.92 Å². The number of Topliss-reactive ketones (excluding diaryl/α,β-unsaturated/α-hetero) is 1. The van der Waals surface area contributed by atoms with Crippen molar-refractivity contribution in [2.45, 2.75) is 18.7 Å². The van der Waals surface area contributed by atoms with Crippen LogP contribution in [0.4, 0.5) is 5.69 Å². The fourth-order valence-corrected chi connectivity index (χ4v) is 1.93. The lowest BCUT2D eigenvalue weighted by atomic mass is 10.0. The first-order valence-corrected chi connectivity index (χ1v) is 6.40. The normalized spacial score (nSPS) is 11.7. The number of ketones is 1. The lowest BCUT2D eigenvalue weighted by molar-refractivity contribution is -0.385. The van der Waals surface area contributed by atoms with Gasteiger partial charge in [-0.3, -0.25) is 14.9 Å². The summed E-state index contributed by atoms with van der Waals surface area (Å²) in [5.41, 5.74) is -0.420. The third kappa shape index (κ3) is 3.37. The number of nitro benzene ring substituents is 1. The molecular formula is C12H12BrNO5. The largest absolute Gasteiger partial charge is 0.462 e. The fraction of sp³-hybridized carbons (Fsp3) is 0.333. The predicted octanol–water partition coefficient (Wildman–Crippen LogP) is 2.80. The van der Waals surface area contributed by atoms with E-state index in [9.17, 15) is 19.7 Å². The van der Waals surface area contributed by atoms with E-state index >= 15 is 0 Å². The second kappa shape index (κ2) is 6.42. The molecule has 0 heterocycles. The first-order valence-electron chi connectivity index (χ1n) is 5.49. The summed E-state index contributed by atoms with van der Waals surface area (Å²) < 4.78 is 4.77. The van der Waals surface area contributed by atoms with Crippen LogP contribution in [0.1, 0.15) is 34.6 Å². The van der Waals surface area contributed by atoms with Gasteiger partial charge in [-0.1, -0.05) is 28.1 Å². The Labute approximate surface area is 118 Å². The molecule has 1 rings (SSSR count). The van der Waals surface area contributed by atoms with Crippen molar-refractivity contribution in [1.82, 2.24) is 0 Å². The number of hydrogen-bond acceptors (Lipinski definition) is 5. The molecule has 0 radical (unpaired) electrons. The van der Waals surface area contributed by atoms with Crippen molar-refractivity contribution >= 4 is 33.4 Å². The molecule has 0 fully saturated rings. The van der Waals surface area contributed by atoms with Gasteiger partial charge in [0.1, 0.15) is 16.2 Å². The van der Waals surface area contributed by atoms with Gasteiger partial charge in [0.15, 0.2) is 0 Å². The second-order valence-corrected chi connectivity index (χ2v) is 4.61. The Kier molecular flexibility index (Phi) is 5.17. The third-order valence-corrected chi connectivity index (χ3v) is 3.51. The Morgan fingerprint density at radius 3 is 2.58 bits per heavy atom. The van der Waals surface area contributed by atoms with Gasteiger partial charge < -0.3 is 4.74 Å². The van der Waals surface area contributed by atoms with Gasteiger partial charge in [0, 0.05) is 0 Å². The van der Waals surface area contributed by atoms with E-state index in [0.29, 0.717) is 0 Å². The van der Waals surface area contributed by atoms with Gasteiger partial charge in [-0.15, -0.1) is 0 Å². The Hall–Kier alpha value is -1.76. The molecule has 0 saturated carbocycles. The molecule has 1 aromatic rings. The molecule has 0 bridgehead atoms. The minimum absolute atomic E-state index is 0.116. The summed E-state index contributed by atoms with van der Waals surface area (Å²) in [7, 11) is 0. The van der Waals surface area contributed by atoms with Crippen molar-refractivity contribution in [3.05, 3.63) is 39.4 Å². The molecule has 0 amide bonds. The number of esters is 1. The zero-order valence-corrected chi connectivity index (χ0v) is 12.0. The molecule has 0 spiro atoms. The minimum Gasteiger partial charge on any atom is -0.462 e. The summed E-state index contributed by atoms with van der Waals surface area (Å²) >= 11 is 3.09. The maximum Gasteiger partial charge on any atom is 0.345 e. The smallest absolute Gasteiger partial charge is 0.345 e. The summed E-state index contributed by atoms with van der Waals surface area (Å²) in [6, 6.07) is 4.22. The highest BCUT2D eigenvalue weighted by molar-refractivity contribution is 9.09. The van der Waals surface area contributed by atoms with E-state index in [0.717, 1.165) is 0 Å². The van der Waals surface area contributed by atoms with Gasteiger partial charge in [0.05, 0.1) is 17.1 Å². The fourth-order valence-electron chi connectivity index (χ4n) is 1.56. The number of alkyl halides is 1. The molecule has 0 aromatic heterocycles. The first-order chi connectivity index (χ1) is 8.90. The molecule has 0 aliphatic carbocycles. The maximum atomic E-state index is 11.7. The summed E-state index contributed by atoms with van der Waals surface area (Å²) in [6.07, 6.45) is 0.